The van der Waals surface area contributed by atoms with Crippen molar-refractivity contribution in [1.82, 2.24) is 4.98 Å². The molecular weight excluding hydrogens is 606 g/mol. The Bertz CT molecular complexity index is 2590. The first-order valence-electron chi connectivity index (χ1n) is 16.1. The van der Waals surface area contributed by atoms with Crippen LogP contribution in [-0.4, -0.2) is 4.98 Å². The van der Waals surface area contributed by atoms with Gasteiger partial charge in [0.05, 0.1) is 0 Å². The molecule has 0 aliphatic rings. The second kappa shape index (κ2) is 11.7. The Morgan fingerprint density at radius 3 is 1.46 bits per heavy atom. The van der Waals surface area contributed by atoms with Crippen LogP contribution in [0.5, 0.6) is 0 Å². The predicted molar refractivity (Wildman–Crippen MR) is 201 cm³/mol. The van der Waals surface area contributed by atoms with Crippen molar-refractivity contribution in [1.29, 1.82) is 0 Å². The maximum Gasteiger partial charge on any atom is 0.227 e. The smallest absolute Gasteiger partial charge is 0.227 e. The lowest BCUT2D eigenvalue weighted by Gasteiger charge is -2.11. The Hall–Kier alpha value is -5.96. The van der Waals surface area contributed by atoms with Crippen molar-refractivity contribution < 1.29 is 4.42 Å². The molecule has 0 saturated carbocycles. The van der Waals surface area contributed by atoms with Gasteiger partial charge in [-0.25, -0.2) is 4.98 Å². The molecular formula is C45H28ClNO. The SMILES string of the molecule is Clc1ccc(-c2nc3c(-c4ccc(-c5cccc6ccccc56)cc4)cc(-c4ccc(-c5cccc6ccccc56)cc4)cc3o2)cc1. The summed E-state index contributed by atoms with van der Waals surface area (Å²) in [7, 11) is 0. The van der Waals surface area contributed by atoms with Crippen LogP contribution < -0.4 is 0 Å². The zero-order valence-corrected chi connectivity index (χ0v) is 26.7. The topological polar surface area (TPSA) is 26.0 Å². The van der Waals surface area contributed by atoms with Gasteiger partial charge >= 0.3 is 0 Å². The lowest BCUT2D eigenvalue weighted by molar-refractivity contribution is 0.620. The molecule has 0 bridgehead atoms. The third-order valence-electron chi connectivity index (χ3n) is 9.20. The number of hydrogen-bond donors (Lipinski definition) is 0. The van der Waals surface area contributed by atoms with Gasteiger partial charge in [-0.2, -0.15) is 0 Å². The van der Waals surface area contributed by atoms with Crippen LogP contribution in [0.1, 0.15) is 0 Å². The van der Waals surface area contributed by atoms with Crippen LogP contribution in [0.15, 0.2) is 174 Å². The van der Waals surface area contributed by atoms with Crippen molar-refractivity contribution in [3.63, 3.8) is 0 Å². The Labute approximate surface area is 283 Å². The minimum absolute atomic E-state index is 0.568. The molecule has 1 aromatic heterocycles. The van der Waals surface area contributed by atoms with Gasteiger partial charge in [0.1, 0.15) is 5.52 Å². The Morgan fingerprint density at radius 1 is 0.396 bits per heavy atom. The molecule has 0 atom stereocenters. The maximum absolute atomic E-state index is 6.45. The van der Waals surface area contributed by atoms with Gasteiger partial charge in [-0.1, -0.05) is 145 Å². The van der Waals surface area contributed by atoms with Crippen molar-refractivity contribution in [2.24, 2.45) is 0 Å². The standard InChI is InChI=1S/C45H28ClNO/c46-37-25-23-35(24-26-37)45-47-44-42(34-21-19-33(20-22-34)41-14-6-10-31-8-2-4-12-39(31)41)27-36(28-43(44)48-45)29-15-17-32(18-16-29)40-13-5-9-30-7-1-3-11-38(30)40/h1-28H. The van der Waals surface area contributed by atoms with E-state index in [9.17, 15) is 0 Å². The quantitative estimate of drug-likeness (QED) is 0.188. The summed E-state index contributed by atoms with van der Waals surface area (Å²) in [6, 6.07) is 59.5. The van der Waals surface area contributed by atoms with E-state index in [2.05, 4.69) is 146 Å². The van der Waals surface area contributed by atoms with E-state index in [1.165, 1.54) is 43.8 Å². The third-order valence-corrected chi connectivity index (χ3v) is 9.45. The molecule has 2 nitrogen and oxygen atoms in total. The van der Waals surface area contributed by atoms with Crippen LogP contribution in [0.25, 0.3) is 88.6 Å². The molecule has 226 valence electrons. The van der Waals surface area contributed by atoms with Gasteiger partial charge in [0.25, 0.3) is 0 Å². The molecule has 0 N–H and O–H groups in total. The molecule has 3 heteroatoms. The molecule has 0 spiro atoms. The highest BCUT2D eigenvalue weighted by molar-refractivity contribution is 6.30. The predicted octanol–water partition coefficient (Wildman–Crippen LogP) is 13.1. The second-order valence-corrected chi connectivity index (χ2v) is 12.5. The molecule has 0 unspecified atom stereocenters. The second-order valence-electron chi connectivity index (χ2n) is 12.1. The molecule has 0 aliphatic heterocycles. The van der Waals surface area contributed by atoms with Gasteiger partial charge in [0, 0.05) is 16.1 Å². The molecule has 8 aromatic carbocycles. The molecule has 0 amide bonds. The Balaban J connectivity index is 1.16. The van der Waals surface area contributed by atoms with E-state index in [1.807, 2.05) is 24.3 Å². The summed E-state index contributed by atoms with van der Waals surface area (Å²) in [4.78, 5) is 5.02. The number of halogens is 1. The van der Waals surface area contributed by atoms with E-state index in [1.54, 1.807) is 0 Å². The Kier molecular flexibility index (Phi) is 6.88. The number of hydrogen-bond acceptors (Lipinski definition) is 2. The van der Waals surface area contributed by atoms with E-state index in [0.717, 1.165) is 38.9 Å². The summed E-state index contributed by atoms with van der Waals surface area (Å²) >= 11 is 6.19. The lowest BCUT2D eigenvalue weighted by Crippen LogP contribution is -1.87. The van der Waals surface area contributed by atoms with Crippen molar-refractivity contribution in [2.75, 3.05) is 0 Å². The van der Waals surface area contributed by atoms with Crippen LogP contribution in [-0.2, 0) is 0 Å². The lowest BCUT2D eigenvalue weighted by atomic mass is 9.93. The molecule has 0 saturated heterocycles. The van der Waals surface area contributed by atoms with E-state index in [0.29, 0.717) is 10.9 Å². The van der Waals surface area contributed by atoms with E-state index in [-0.39, 0.29) is 0 Å². The minimum Gasteiger partial charge on any atom is -0.436 e. The fourth-order valence-corrected chi connectivity index (χ4v) is 6.88. The zero-order chi connectivity index (χ0) is 32.0. The summed E-state index contributed by atoms with van der Waals surface area (Å²) in [5.41, 5.74) is 11.5. The normalized spacial score (nSPS) is 11.4. The van der Waals surface area contributed by atoms with Crippen LogP contribution >= 0.6 is 11.6 Å². The first kappa shape index (κ1) is 28.3. The Morgan fingerprint density at radius 2 is 0.875 bits per heavy atom. The van der Waals surface area contributed by atoms with Gasteiger partial charge in [0.15, 0.2) is 5.58 Å². The summed E-state index contributed by atoms with van der Waals surface area (Å²) < 4.78 is 6.45. The van der Waals surface area contributed by atoms with Crippen LogP contribution in [0.3, 0.4) is 0 Å². The van der Waals surface area contributed by atoms with Crippen LogP contribution in [0, 0.1) is 0 Å². The molecule has 0 fully saturated rings. The van der Waals surface area contributed by atoms with Gasteiger partial charge in [-0.05, 0) is 96.9 Å². The number of nitrogens with zero attached hydrogens (tertiary/aromatic N) is 1. The molecule has 9 aromatic rings. The van der Waals surface area contributed by atoms with Gasteiger partial charge in [-0.3, -0.25) is 0 Å². The van der Waals surface area contributed by atoms with E-state index in [4.69, 9.17) is 21.0 Å². The van der Waals surface area contributed by atoms with Gasteiger partial charge < -0.3 is 4.42 Å². The largest absolute Gasteiger partial charge is 0.436 e. The van der Waals surface area contributed by atoms with Crippen molar-refractivity contribution in [2.45, 2.75) is 0 Å². The summed E-state index contributed by atoms with van der Waals surface area (Å²) in [5.74, 6) is 0.568. The number of fused-ring (bicyclic) bond motifs is 3. The highest BCUT2D eigenvalue weighted by atomic mass is 35.5. The fourth-order valence-electron chi connectivity index (χ4n) is 6.76. The van der Waals surface area contributed by atoms with E-state index < -0.39 is 0 Å². The van der Waals surface area contributed by atoms with Crippen molar-refractivity contribution in [3.05, 3.63) is 175 Å². The minimum atomic E-state index is 0.568. The average molecular weight is 634 g/mol. The summed E-state index contributed by atoms with van der Waals surface area (Å²) in [5, 5.41) is 5.64. The average Bonchev–Trinajstić information content (AvgIpc) is 3.59. The first-order valence-corrected chi connectivity index (χ1v) is 16.4. The molecule has 48 heavy (non-hydrogen) atoms. The van der Waals surface area contributed by atoms with E-state index >= 15 is 0 Å². The van der Waals surface area contributed by atoms with Crippen LogP contribution in [0.2, 0.25) is 5.02 Å². The van der Waals surface area contributed by atoms with Crippen LogP contribution in [0.4, 0.5) is 0 Å². The molecule has 0 aliphatic carbocycles. The summed E-state index contributed by atoms with van der Waals surface area (Å²) in [6.45, 7) is 0. The molecule has 0 radical (unpaired) electrons. The monoisotopic (exact) mass is 633 g/mol. The number of aromatic nitrogens is 1. The maximum atomic E-state index is 6.45. The van der Waals surface area contributed by atoms with Crippen molar-refractivity contribution >= 4 is 44.2 Å². The fraction of sp³-hybridized carbons (Fsp3) is 0. The molecule has 1 heterocycles. The third kappa shape index (κ3) is 5.04. The zero-order valence-electron chi connectivity index (χ0n) is 25.9. The number of benzene rings is 8. The highest BCUT2D eigenvalue weighted by Crippen LogP contribution is 2.39. The molecule has 9 rings (SSSR count). The number of rotatable bonds is 5. The number of oxazole rings is 1. The van der Waals surface area contributed by atoms with Gasteiger partial charge in [-0.15, -0.1) is 0 Å². The highest BCUT2D eigenvalue weighted by Gasteiger charge is 2.17. The first-order chi connectivity index (χ1) is 23.7. The van der Waals surface area contributed by atoms with Crippen molar-refractivity contribution in [3.8, 4) is 56.0 Å². The van der Waals surface area contributed by atoms with Gasteiger partial charge in [0.2, 0.25) is 5.89 Å². The summed E-state index contributed by atoms with van der Waals surface area (Å²) in [6.07, 6.45) is 0.